The zero-order chi connectivity index (χ0) is 12.3. The number of rotatable bonds is 5. The van der Waals surface area contributed by atoms with E-state index in [0.717, 1.165) is 19.5 Å². The fourth-order valence-electron chi connectivity index (χ4n) is 2.29. The van der Waals surface area contributed by atoms with Crippen molar-refractivity contribution in [2.24, 2.45) is 5.92 Å². The number of nitrogens with zero attached hydrogens (tertiary/aromatic N) is 2. The lowest BCUT2D eigenvalue weighted by molar-refractivity contribution is 0.0964. The first-order valence-electron chi connectivity index (χ1n) is 6.17. The summed E-state index contributed by atoms with van der Waals surface area (Å²) in [5.74, 6) is 0.747. The molecule has 0 amide bonds. The van der Waals surface area contributed by atoms with Crippen LogP contribution in [0.3, 0.4) is 0 Å². The number of carbonyl (C=O) groups excluding carboxylic acids is 1. The van der Waals surface area contributed by atoms with Crippen LogP contribution >= 0.6 is 11.6 Å². The third-order valence-corrected chi connectivity index (χ3v) is 3.58. The molecular formula is C12H18ClN3O. The maximum Gasteiger partial charge on any atom is 0.182 e. The van der Waals surface area contributed by atoms with Crippen molar-refractivity contribution in [3.05, 3.63) is 16.9 Å². The number of carbonyl (C=O) groups is 1. The molecule has 0 radical (unpaired) electrons. The summed E-state index contributed by atoms with van der Waals surface area (Å²) in [6.07, 6.45) is 4.23. The highest BCUT2D eigenvalue weighted by Crippen LogP contribution is 2.20. The molecule has 5 heteroatoms. The molecule has 1 aliphatic rings. The van der Waals surface area contributed by atoms with Gasteiger partial charge in [0.1, 0.15) is 5.69 Å². The van der Waals surface area contributed by atoms with Crippen LogP contribution in [0.2, 0.25) is 5.02 Å². The minimum absolute atomic E-state index is 0.112. The average Bonchev–Trinajstić information content (AvgIpc) is 2.94. The van der Waals surface area contributed by atoms with E-state index >= 15 is 0 Å². The highest BCUT2D eigenvalue weighted by Gasteiger charge is 2.20. The third kappa shape index (κ3) is 2.87. The number of aryl methyl sites for hydroxylation is 1. The molecule has 2 heterocycles. The Bertz CT molecular complexity index is 396. The molecule has 1 aromatic rings. The van der Waals surface area contributed by atoms with E-state index in [-0.39, 0.29) is 5.78 Å². The molecule has 0 saturated carbocycles. The zero-order valence-corrected chi connectivity index (χ0v) is 10.8. The first-order valence-corrected chi connectivity index (χ1v) is 6.55. The first-order chi connectivity index (χ1) is 8.22. The second-order valence-electron chi connectivity index (χ2n) is 4.48. The van der Waals surface area contributed by atoms with E-state index in [1.807, 2.05) is 6.92 Å². The summed E-state index contributed by atoms with van der Waals surface area (Å²) in [6, 6.07) is 0. The lowest BCUT2D eigenvalue weighted by Crippen LogP contribution is -2.13. The van der Waals surface area contributed by atoms with Crippen molar-refractivity contribution < 1.29 is 4.79 Å². The minimum Gasteiger partial charge on any atom is -0.316 e. The number of hydrogen-bond donors (Lipinski definition) is 1. The normalized spacial score (nSPS) is 19.8. The molecule has 0 aromatic carbocycles. The van der Waals surface area contributed by atoms with E-state index in [2.05, 4.69) is 10.4 Å². The van der Waals surface area contributed by atoms with Gasteiger partial charge in [-0.3, -0.25) is 9.48 Å². The van der Waals surface area contributed by atoms with Crippen LogP contribution < -0.4 is 5.32 Å². The summed E-state index contributed by atoms with van der Waals surface area (Å²) in [4.78, 5) is 12.1. The monoisotopic (exact) mass is 255 g/mol. The maximum absolute atomic E-state index is 12.1. The quantitative estimate of drug-likeness (QED) is 0.820. The van der Waals surface area contributed by atoms with Gasteiger partial charge < -0.3 is 5.32 Å². The number of ketones is 1. The largest absolute Gasteiger partial charge is 0.316 e. The van der Waals surface area contributed by atoms with Crippen molar-refractivity contribution in [2.75, 3.05) is 13.1 Å². The molecule has 1 atom stereocenters. The van der Waals surface area contributed by atoms with Gasteiger partial charge >= 0.3 is 0 Å². The van der Waals surface area contributed by atoms with Gasteiger partial charge in [-0.25, -0.2) is 0 Å². The van der Waals surface area contributed by atoms with Crippen molar-refractivity contribution in [2.45, 2.75) is 32.7 Å². The van der Waals surface area contributed by atoms with Gasteiger partial charge in [-0.1, -0.05) is 11.6 Å². The molecule has 0 aliphatic carbocycles. The van der Waals surface area contributed by atoms with Gasteiger partial charge in [0, 0.05) is 13.0 Å². The summed E-state index contributed by atoms with van der Waals surface area (Å²) in [5, 5.41) is 7.87. The minimum atomic E-state index is 0.112. The number of Topliss-reactive ketones (excluding diaryl/α,β-unsaturated/α-hetero) is 1. The Morgan fingerprint density at radius 3 is 3.18 bits per heavy atom. The smallest absolute Gasteiger partial charge is 0.182 e. The molecule has 1 N–H and O–H groups in total. The Morgan fingerprint density at radius 2 is 2.53 bits per heavy atom. The van der Waals surface area contributed by atoms with Crippen LogP contribution in [0.5, 0.6) is 0 Å². The topological polar surface area (TPSA) is 46.9 Å². The van der Waals surface area contributed by atoms with Crippen molar-refractivity contribution in [1.29, 1.82) is 0 Å². The van der Waals surface area contributed by atoms with E-state index in [4.69, 9.17) is 11.6 Å². The van der Waals surface area contributed by atoms with E-state index in [1.54, 1.807) is 10.9 Å². The molecule has 94 valence electrons. The predicted octanol–water partition coefficient (Wildman–Crippen LogP) is 2.13. The van der Waals surface area contributed by atoms with E-state index in [1.165, 1.54) is 6.42 Å². The zero-order valence-electron chi connectivity index (χ0n) is 10.1. The van der Waals surface area contributed by atoms with Crippen LogP contribution in [0.4, 0.5) is 0 Å². The van der Waals surface area contributed by atoms with Crippen molar-refractivity contribution in [3.63, 3.8) is 0 Å². The van der Waals surface area contributed by atoms with Gasteiger partial charge in [-0.05, 0) is 38.8 Å². The molecule has 17 heavy (non-hydrogen) atoms. The van der Waals surface area contributed by atoms with Crippen LogP contribution in [0.1, 0.15) is 36.7 Å². The fraction of sp³-hybridized carbons (Fsp3) is 0.667. The van der Waals surface area contributed by atoms with Gasteiger partial charge in [0.05, 0.1) is 11.2 Å². The molecule has 0 spiro atoms. The van der Waals surface area contributed by atoms with E-state index < -0.39 is 0 Å². The molecule has 2 rings (SSSR count). The van der Waals surface area contributed by atoms with E-state index in [9.17, 15) is 4.79 Å². The Labute approximate surface area is 106 Å². The maximum atomic E-state index is 12.1. The van der Waals surface area contributed by atoms with Gasteiger partial charge in [-0.15, -0.1) is 0 Å². The number of hydrogen-bond acceptors (Lipinski definition) is 3. The number of halogens is 1. The van der Waals surface area contributed by atoms with Crippen LogP contribution in [0.15, 0.2) is 6.20 Å². The van der Waals surface area contributed by atoms with Gasteiger partial charge in [0.15, 0.2) is 5.78 Å². The number of nitrogens with one attached hydrogen (secondary N) is 1. The Morgan fingerprint density at radius 1 is 1.71 bits per heavy atom. The van der Waals surface area contributed by atoms with Crippen molar-refractivity contribution in [3.8, 4) is 0 Å². The lowest BCUT2D eigenvalue weighted by Gasteiger charge is -2.08. The number of aromatic nitrogens is 2. The molecule has 0 bridgehead atoms. The van der Waals surface area contributed by atoms with Gasteiger partial charge in [0.25, 0.3) is 0 Å². The Kier molecular flexibility index (Phi) is 4.18. The van der Waals surface area contributed by atoms with Crippen molar-refractivity contribution in [1.82, 2.24) is 15.1 Å². The van der Waals surface area contributed by atoms with E-state index in [0.29, 0.717) is 29.6 Å². The molecule has 1 aromatic heterocycles. The standard InChI is InChI=1S/C12H18ClN3O/c1-2-16-12(10(13)8-15-16)11(17)4-3-9-5-6-14-7-9/h8-9,14H,2-7H2,1H3. The highest BCUT2D eigenvalue weighted by atomic mass is 35.5. The predicted molar refractivity (Wildman–Crippen MR) is 67.5 cm³/mol. The molecule has 1 aliphatic heterocycles. The van der Waals surface area contributed by atoms with Crippen LogP contribution in [-0.2, 0) is 6.54 Å². The van der Waals surface area contributed by atoms with Gasteiger partial charge in [-0.2, -0.15) is 5.10 Å². The van der Waals surface area contributed by atoms with Gasteiger partial charge in [0.2, 0.25) is 0 Å². The summed E-state index contributed by atoms with van der Waals surface area (Å²) in [6.45, 7) is 4.75. The molecular weight excluding hydrogens is 238 g/mol. The third-order valence-electron chi connectivity index (χ3n) is 3.30. The Balaban J connectivity index is 1.96. The Hall–Kier alpha value is -0.870. The summed E-state index contributed by atoms with van der Waals surface area (Å²) in [5.41, 5.74) is 0.570. The molecule has 1 unspecified atom stereocenters. The fourth-order valence-corrected chi connectivity index (χ4v) is 2.54. The molecule has 4 nitrogen and oxygen atoms in total. The van der Waals surface area contributed by atoms with Crippen LogP contribution in [0, 0.1) is 5.92 Å². The lowest BCUT2D eigenvalue weighted by atomic mass is 10.00. The van der Waals surface area contributed by atoms with Crippen LogP contribution in [-0.4, -0.2) is 28.7 Å². The van der Waals surface area contributed by atoms with Crippen molar-refractivity contribution >= 4 is 17.4 Å². The first kappa shape index (κ1) is 12.6. The second-order valence-corrected chi connectivity index (χ2v) is 4.88. The second kappa shape index (κ2) is 5.65. The summed E-state index contributed by atoms with van der Waals surface area (Å²) < 4.78 is 1.68. The molecule has 1 saturated heterocycles. The molecule has 1 fully saturated rings. The average molecular weight is 256 g/mol. The summed E-state index contributed by atoms with van der Waals surface area (Å²) >= 11 is 6.00. The highest BCUT2D eigenvalue weighted by molar-refractivity contribution is 6.33. The van der Waals surface area contributed by atoms with Crippen LogP contribution in [0.25, 0.3) is 0 Å². The summed E-state index contributed by atoms with van der Waals surface area (Å²) in [7, 11) is 0. The SMILES string of the molecule is CCn1ncc(Cl)c1C(=O)CCC1CCNC1.